The molecule has 0 bridgehead atoms. The van der Waals surface area contributed by atoms with Gasteiger partial charge in [-0.15, -0.1) is 0 Å². The van der Waals surface area contributed by atoms with Crippen molar-refractivity contribution in [3.05, 3.63) is 113 Å². The average Bonchev–Trinajstić information content (AvgIpc) is 3.71. The van der Waals surface area contributed by atoms with Crippen LogP contribution in [0, 0.1) is 0 Å². The number of carbonyl (C=O) groups is 1. The first-order chi connectivity index (χ1) is 19.0. The van der Waals surface area contributed by atoms with Gasteiger partial charge in [0.05, 0.1) is 19.3 Å². The summed E-state index contributed by atoms with van der Waals surface area (Å²) in [5.74, 6) is 0.394. The molecule has 0 N–H and O–H groups in total. The zero-order valence-electron chi connectivity index (χ0n) is 22.9. The zero-order valence-corrected chi connectivity index (χ0v) is 22.9. The Morgan fingerprint density at radius 1 is 1.00 bits per heavy atom. The summed E-state index contributed by atoms with van der Waals surface area (Å²) < 4.78 is 6.72. The smallest absolute Gasteiger partial charge is 0.330 e. The topological polar surface area (TPSA) is 47.4 Å². The highest BCUT2D eigenvalue weighted by Gasteiger charge is 2.34. The third-order valence-corrected chi connectivity index (χ3v) is 8.10. The highest BCUT2D eigenvalue weighted by atomic mass is 16.5. The first-order valence-corrected chi connectivity index (χ1v) is 13.9. The lowest BCUT2D eigenvalue weighted by Gasteiger charge is -2.44. The highest BCUT2D eigenvalue weighted by molar-refractivity contribution is 5.86. The number of hydrogen-bond acceptors (Lipinski definition) is 4. The molecular formula is C34H35N3O2. The average molecular weight is 518 g/mol. The van der Waals surface area contributed by atoms with Crippen LogP contribution in [0.15, 0.2) is 85.2 Å². The molecule has 1 saturated carbocycles. The largest absolute Gasteiger partial charge is 0.466 e. The highest BCUT2D eigenvalue weighted by Crippen LogP contribution is 2.44. The van der Waals surface area contributed by atoms with Gasteiger partial charge in [0.2, 0.25) is 0 Å². The molecular weight excluding hydrogens is 482 g/mol. The van der Waals surface area contributed by atoms with Crippen LogP contribution in [-0.4, -0.2) is 28.9 Å². The van der Waals surface area contributed by atoms with E-state index in [4.69, 9.17) is 4.74 Å². The second-order valence-electron chi connectivity index (χ2n) is 10.8. The van der Waals surface area contributed by atoms with E-state index in [-0.39, 0.29) is 12.0 Å². The van der Waals surface area contributed by atoms with Crippen molar-refractivity contribution < 1.29 is 9.53 Å². The Labute approximate surface area is 230 Å². The minimum absolute atomic E-state index is 0.0848. The fraction of sp³-hybridized carbons (Fsp3) is 0.294. The molecule has 2 atom stereocenters. The van der Waals surface area contributed by atoms with Gasteiger partial charge < -0.3 is 9.64 Å². The number of aryl methyl sites for hydroxylation is 1. The van der Waals surface area contributed by atoms with Crippen LogP contribution < -0.4 is 4.90 Å². The molecule has 6 rings (SSSR count). The molecule has 1 fully saturated rings. The molecule has 39 heavy (non-hydrogen) atoms. The fourth-order valence-electron chi connectivity index (χ4n) is 5.84. The fourth-order valence-corrected chi connectivity index (χ4v) is 5.84. The van der Waals surface area contributed by atoms with Gasteiger partial charge >= 0.3 is 5.97 Å². The number of nitrogens with zero attached hydrogens (tertiary/aromatic N) is 3. The predicted molar refractivity (Wildman–Crippen MR) is 157 cm³/mol. The van der Waals surface area contributed by atoms with Gasteiger partial charge in [-0.05, 0) is 90.6 Å². The van der Waals surface area contributed by atoms with E-state index in [1.165, 1.54) is 59.5 Å². The summed E-state index contributed by atoms with van der Waals surface area (Å²) in [5.41, 5.74) is 10.0. The molecule has 0 spiro atoms. The number of rotatable bonds is 7. The summed E-state index contributed by atoms with van der Waals surface area (Å²) in [7, 11) is 1.39. The van der Waals surface area contributed by atoms with Crippen LogP contribution >= 0.6 is 0 Å². The van der Waals surface area contributed by atoms with Crippen LogP contribution in [0.1, 0.15) is 66.5 Å². The second kappa shape index (κ2) is 10.6. The van der Waals surface area contributed by atoms with Crippen LogP contribution in [0.25, 0.3) is 17.2 Å². The van der Waals surface area contributed by atoms with Crippen molar-refractivity contribution in [2.45, 2.75) is 57.7 Å². The molecule has 4 aromatic rings. The van der Waals surface area contributed by atoms with Gasteiger partial charge in [0.1, 0.15) is 0 Å². The lowest BCUT2D eigenvalue weighted by Crippen LogP contribution is -2.42. The number of hydrogen-bond donors (Lipinski definition) is 0. The Kier molecular flexibility index (Phi) is 6.82. The summed E-state index contributed by atoms with van der Waals surface area (Å²) in [6, 6.07) is 25.1. The van der Waals surface area contributed by atoms with E-state index < -0.39 is 0 Å². The molecule has 1 aromatic heterocycles. The van der Waals surface area contributed by atoms with Gasteiger partial charge in [0, 0.05) is 36.1 Å². The van der Waals surface area contributed by atoms with E-state index in [0.29, 0.717) is 6.04 Å². The van der Waals surface area contributed by atoms with Gasteiger partial charge in [-0.3, -0.25) is 4.68 Å². The predicted octanol–water partition coefficient (Wildman–Crippen LogP) is 7.17. The first-order valence-electron chi connectivity index (χ1n) is 13.9. The van der Waals surface area contributed by atoms with Gasteiger partial charge in [-0.2, -0.15) is 5.10 Å². The van der Waals surface area contributed by atoms with Crippen LogP contribution in [-0.2, 0) is 22.5 Å². The number of aromatic nitrogens is 2. The molecule has 5 nitrogen and oxygen atoms in total. The standard InChI is InChI=1S/C34H35N3O2/c1-4-36-22-30(21-35-36)28-14-17-32-29(20-28)19-23(2)37(31-15-12-26(13-16-31)25-10-11-25)34(32)27-8-5-24(6-9-27)7-18-33(38)39-3/h5-9,12-18,20-23,25,34H,4,10-11,19H2,1-3H3/b18-7+/t23-,34-/m0/s1. The summed E-state index contributed by atoms with van der Waals surface area (Å²) >= 11 is 0. The number of ether oxygens (including phenoxy) is 1. The third kappa shape index (κ3) is 5.14. The molecule has 1 aliphatic heterocycles. The van der Waals surface area contributed by atoms with E-state index in [9.17, 15) is 4.79 Å². The molecule has 0 unspecified atom stereocenters. The molecule has 2 aliphatic rings. The maximum Gasteiger partial charge on any atom is 0.330 e. The number of methoxy groups -OCH3 is 1. The minimum atomic E-state index is -0.352. The van der Waals surface area contributed by atoms with Gasteiger partial charge in [-0.1, -0.05) is 54.6 Å². The molecule has 0 saturated heterocycles. The van der Waals surface area contributed by atoms with Crippen molar-refractivity contribution in [3.63, 3.8) is 0 Å². The summed E-state index contributed by atoms with van der Waals surface area (Å²) in [6.45, 7) is 5.31. The zero-order chi connectivity index (χ0) is 26.9. The summed E-state index contributed by atoms with van der Waals surface area (Å²) in [4.78, 5) is 14.1. The Balaban J connectivity index is 1.40. The molecule has 5 heteroatoms. The SMILES string of the molecule is CCn1cc(-c2ccc3c(c2)C[C@H](C)N(c2ccc(C4CC4)cc2)[C@H]3c2ccc(/C=C/C(=O)OC)cc2)cn1. The molecule has 2 heterocycles. The Bertz CT molecular complexity index is 1500. The second-order valence-corrected chi connectivity index (χ2v) is 10.8. The van der Waals surface area contributed by atoms with Crippen molar-refractivity contribution in [2.24, 2.45) is 0 Å². The van der Waals surface area contributed by atoms with Gasteiger partial charge in [0.15, 0.2) is 0 Å². The molecule has 1 aliphatic carbocycles. The van der Waals surface area contributed by atoms with E-state index in [2.05, 4.69) is 96.8 Å². The van der Waals surface area contributed by atoms with E-state index in [0.717, 1.165) is 30.0 Å². The lowest BCUT2D eigenvalue weighted by molar-refractivity contribution is -0.134. The summed E-state index contributed by atoms with van der Waals surface area (Å²) in [5, 5.41) is 4.49. The molecule has 3 aromatic carbocycles. The third-order valence-electron chi connectivity index (χ3n) is 8.10. The van der Waals surface area contributed by atoms with Crippen LogP contribution in [0.3, 0.4) is 0 Å². The minimum Gasteiger partial charge on any atom is -0.466 e. The van der Waals surface area contributed by atoms with Crippen molar-refractivity contribution in [3.8, 4) is 11.1 Å². The van der Waals surface area contributed by atoms with Crippen LogP contribution in [0.2, 0.25) is 0 Å². The number of fused-ring (bicyclic) bond motifs is 1. The Hall–Kier alpha value is -4.12. The van der Waals surface area contributed by atoms with Crippen molar-refractivity contribution in [2.75, 3.05) is 12.0 Å². The van der Waals surface area contributed by atoms with Crippen molar-refractivity contribution >= 4 is 17.7 Å². The van der Waals surface area contributed by atoms with E-state index in [1.54, 1.807) is 6.08 Å². The quantitative estimate of drug-likeness (QED) is 0.193. The van der Waals surface area contributed by atoms with Gasteiger partial charge in [0.25, 0.3) is 0 Å². The summed E-state index contributed by atoms with van der Waals surface area (Å²) in [6.07, 6.45) is 10.9. The Morgan fingerprint density at radius 3 is 2.41 bits per heavy atom. The number of anilines is 1. The van der Waals surface area contributed by atoms with E-state index >= 15 is 0 Å². The van der Waals surface area contributed by atoms with Crippen molar-refractivity contribution in [1.82, 2.24) is 9.78 Å². The maximum absolute atomic E-state index is 11.6. The van der Waals surface area contributed by atoms with E-state index in [1.807, 2.05) is 10.9 Å². The molecule has 0 radical (unpaired) electrons. The van der Waals surface area contributed by atoms with Crippen LogP contribution in [0.4, 0.5) is 5.69 Å². The monoisotopic (exact) mass is 517 g/mol. The Morgan fingerprint density at radius 2 is 1.74 bits per heavy atom. The van der Waals surface area contributed by atoms with Crippen molar-refractivity contribution in [1.29, 1.82) is 0 Å². The normalized spacial score (nSPS) is 18.8. The lowest BCUT2D eigenvalue weighted by atomic mass is 9.83. The maximum atomic E-state index is 11.6. The molecule has 0 amide bonds. The number of carbonyl (C=O) groups excluding carboxylic acids is 1. The first kappa shape index (κ1) is 25.2. The van der Waals surface area contributed by atoms with Gasteiger partial charge in [-0.25, -0.2) is 4.79 Å². The van der Waals surface area contributed by atoms with Crippen LogP contribution in [0.5, 0.6) is 0 Å². The number of esters is 1. The molecule has 198 valence electrons. The number of benzene rings is 3.